The number of fused-ring (bicyclic) bond motifs is 1. The molecule has 3 aromatic rings. The predicted molar refractivity (Wildman–Crippen MR) is 82.7 cm³/mol. The van der Waals surface area contributed by atoms with E-state index < -0.39 is 11.6 Å². The number of hydrogen-bond donors (Lipinski definition) is 1. The Hall–Kier alpha value is -2.56. The summed E-state index contributed by atoms with van der Waals surface area (Å²) >= 11 is 0. The van der Waals surface area contributed by atoms with Crippen molar-refractivity contribution in [2.24, 2.45) is 0 Å². The molecule has 22 heavy (non-hydrogen) atoms. The molecular weight excluding hydrogens is 284 g/mol. The van der Waals surface area contributed by atoms with Gasteiger partial charge in [0, 0.05) is 5.39 Å². The van der Waals surface area contributed by atoms with Crippen LogP contribution in [0.4, 0.5) is 14.6 Å². The van der Waals surface area contributed by atoms with Gasteiger partial charge in [-0.15, -0.1) is 0 Å². The molecular formula is C17H15F2N3. The number of anilines is 1. The van der Waals surface area contributed by atoms with Crippen molar-refractivity contribution in [2.75, 3.05) is 5.32 Å². The maximum atomic E-state index is 13.4. The van der Waals surface area contributed by atoms with Crippen LogP contribution in [0.2, 0.25) is 0 Å². The summed E-state index contributed by atoms with van der Waals surface area (Å²) in [7, 11) is 0. The van der Waals surface area contributed by atoms with Gasteiger partial charge in [0.25, 0.3) is 0 Å². The predicted octanol–water partition coefficient (Wildman–Crippen LogP) is 4.39. The van der Waals surface area contributed by atoms with Crippen molar-refractivity contribution < 1.29 is 8.78 Å². The molecule has 1 aromatic heterocycles. The van der Waals surface area contributed by atoms with Crippen LogP contribution in [-0.4, -0.2) is 9.97 Å². The van der Waals surface area contributed by atoms with Gasteiger partial charge >= 0.3 is 0 Å². The number of halogens is 2. The zero-order valence-corrected chi connectivity index (χ0v) is 12.3. The van der Waals surface area contributed by atoms with Crippen LogP contribution in [0.25, 0.3) is 10.9 Å². The van der Waals surface area contributed by atoms with Crippen LogP contribution in [0.1, 0.15) is 24.1 Å². The number of hydrogen-bond acceptors (Lipinski definition) is 3. The minimum Gasteiger partial charge on any atom is -0.363 e. The molecule has 0 aliphatic heterocycles. The third kappa shape index (κ3) is 2.62. The molecule has 3 rings (SSSR count). The van der Waals surface area contributed by atoms with Crippen LogP contribution < -0.4 is 5.32 Å². The van der Waals surface area contributed by atoms with Gasteiger partial charge in [0.05, 0.1) is 11.6 Å². The van der Waals surface area contributed by atoms with E-state index in [4.69, 9.17) is 0 Å². The van der Waals surface area contributed by atoms with E-state index >= 15 is 0 Å². The first kappa shape index (κ1) is 14.4. The van der Waals surface area contributed by atoms with E-state index in [-0.39, 0.29) is 6.04 Å². The summed E-state index contributed by atoms with van der Waals surface area (Å²) in [4.78, 5) is 8.53. The minimum atomic E-state index is -0.852. The average Bonchev–Trinajstić information content (AvgIpc) is 2.50. The number of nitrogens with one attached hydrogen (secondary N) is 1. The van der Waals surface area contributed by atoms with Crippen molar-refractivity contribution in [1.29, 1.82) is 0 Å². The smallest absolute Gasteiger partial charge is 0.159 e. The highest BCUT2D eigenvalue weighted by Crippen LogP contribution is 2.26. The van der Waals surface area contributed by atoms with Crippen LogP contribution in [0.5, 0.6) is 0 Å². The van der Waals surface area contributed by atoms with Gasteiger partial charge < -0.3 is 5.32 Å². The largest absolute Gasteiger partial charge is 0.363 e. The maximum absolute atomic E-state index is 13.4. The van der Waals surface area contributed by atoms with Gasteiger partial charge in [0.1, 0.15) is 12.1 Å². The fraction of sp³-hybridized carbons (Fsp3) is 0.176. The molecule has 0 saturated heterocycles. The monoisotopic (exact) mass is 299 g/mol. The Bertz CT molecular complexity index is 828. The second kappa shape index (κ2) is 5.67. The van der Waals surface area contributed by atoms with Gasteiger partial charge in [-0.3, -0.25) is 0 Å². The van der Waals surface area contributed by atoms with Gasteiger partial charge in [-0.2, -0.15) is 0 Å². The summed E-state index contributed by atoms with van der Waals surface area (Å²) in [6, 6.07) is 9.51. The fourth-order valence-corrected chi connectivity index (χ4v) is 2.46. The van der Waals surface area contributed by atoms with Crippen molar-refractivity contribution in [3.63, 3.8) is 0 Å². The Morgan fingerprint density at radius 1 is 1.05 bits per heavy atom. The molecule has 1 atom stereocenters. The summed E-state index contributed by atoms with van der Waals surface area (Å²) in [5, 5.41) is 4.18. The molecule has 0 spiro atoms. The van der Waals surface area contributed by atoms with E-state index in [1.807, 2.05) is 32.0 Å². The summed E-state index contributed by atoms with van der Waals surface area (Å²) in [6.45, 7) is 3.86. The maximum Gasteiger partial charge on any atom is 0.159 e. The standard InChI is InChI=1S/C17H15F2N3/c1-10-4-3-5-15-16(10)17(21-9-20-15)22-11(2)12-6-7-13(18)14(19)8-12/h3-9,11H,1-2H3,(H,20,21,22). The molecule has 0 fully saturated rings. The lowest BCUT2D eigenvalue weighted by atomic mass is 10.1. The number of rotatable bonds is 3. The number of aromatic nitrogens is 2. The zero-order chi connectivity index (χ0) is 15.7. The summed E-state index contributed by atoms with van der Waals surface area (Å²) in [5.74, 6) is -1.02. The lowest BCUT2D eigenvalue weighted by Gasteiger charge is -2.17. The second-order valence-corrected chi connectivity index (χ2v) is 5.23. The van der Waals surface area contributed by atoms with E-state index in [9.17, 15) is 8.78 Å². The first-order valence-corrected chi connectivity index (χ1v) is 6.98. The molecule has 1 unspecified atom stereocenters. The van der Waals surface area contributed by atoms with Crippen molar-refractivity contribution in [3.05, 3.63) is 65.5 Å². The molecule has 0 bridgehead atoms. The number of nitrogens with zero attached hydrogens (tertiary/aromatic N) is 2. The fourth-order valence-electron chi connectivity index (χ4n) is 2.46. The molecule has 0 radical (unpaired) electrons. The molecule has 2 aromatic carbocycles. The SMILES string of the molecule is Cc1cccc2ncnc(NC(C)c3ccc(F)c(F)c3)c12. The summed E-state index contributed by atoms with van der Waals surface area (Å²) in [5.41, 5.74) is 2.55. The van der Waals surface area contributed by atoms with Crippen LogP contribution in [0.3, 0.4) is 0 Å². The average molecular weight is 299 g/mol. The minimum absolute atomic E-state index is 0.215. The Balaban J connectivity index is 1.97. The Morgan fingerprint density at radius 3 is 2.64 bits per heavy atom. The third-order valence-electron chi connectivity index (χ3n) is 3.67. The molecule has 3 nitrogen and oxygen atoms in total. The Kier molecular flexibility index (Phi) is 3.71. The summed E-state index contributed by atoms with van der Waals surface area (Å²) in [6.07, 6.45) is 1.49. The zero-order valence-electron chi connectivity index (χ0n) is 12.3. The molecule has 0 aliphatic rings. The van der Waals surface area contributed by atoms with Crippen LogP contribution >= 0.6 is 0 Å². The molecule has 0 saturated carbocycles. The van der Waals surface area contributed by atoms with Gasteiger partial charge in [-0.25, -0.2) is 18.7 Å². The highest BCUT2D eigenvalue weighted by molar-refractivity contribution is 5.91. The topological polar surface area (TPSA) is 37.8 Å². The van der Waals surface area contributed by atoms with Gasteiger partial charge in [0.2, 0.25) is 0 Å². The van der Waals surface area contributed by atoms with Crippen molar-refractivity contribution in [3.8, 4) is 0 Å². The van der Waals surface area contributed by atoms with E-state index in [2.05, 4.69) is 15.3 Å². The third-order valence-corrected chi connectivity index (χ3v) is 3.67. The first-order chi connectivity index (χ1) is 10.6. The first-order valence-electron chi connectivity index (χ1n) is 6.98. The second-order valence-electron chi connectivity index (χ2n) is 5.23. The van der Waals surface area contributed by atoms with Gasteiger partial charge in [-0.05, 0) is 43.2 Å². The van der Waals surface area contributed by atoms with Crippen LogP contribution in [-0.2, 0) is 0 Å². The van der Waals surface area contributed by atoms with Gasteiger partial charge in [-0.1, -0.05) is 18.2 Å². The lowest BCUT2D eigenvalue weighted by molar-refractivity contribution is 0.506. The highest BCUT2D eigenvalue weighted by Gasteiger charge is 2.12. The van der Waals surface area contributed by atoms with Crippen LogP contribution in [0.15, 0.2) is 42.7 Å². The molecule has 112 valence electrons. The molecule has 1 heterocycles. The van der Waals surface area contributed by atoms with Crippen molar-refractivity contribution >= 4 is 16.7 Å². The van der Waals surface area contributed by atoms with Crippen molar-refractivity contribution in [2.45, 2.75) is 19.9 Å². The Morgan fingerprint density at radius 2 is 1.86 bits per heavy atom. The quantitative estimate of drug-likeness (QED) is 0.779. The van der Waals surface area contributed by atoms with Gasteiger partial charge in [0.15, 0.2) is 11.6 Å². The highest BCUT2D eigenvalue weighted by atomic mass is 19.2. The number of aryl methyl sites for hydroxylation is 1. The molecule has 0 aliphatic carbocycles. The molecule has 5 heteroatoms. The van der Waals surface area contributed by atoms with E-state index in [0.29, 0.717) is 11.4 Å². The van der Waals surface area contributed by atoms with E-state index in [1.165, 1.54) is 12.4 Å². The van der Waals surface area contributed by atoms with E-state index in [0.717, 1.165) is 22.5 Å². The number of benzene rings is 2. The Labute approximate surface area is 127 Å². The normalized spacial score (nSPS) is 12.4. The molecule has 0 amide bonds. The summed E-state index contributed by atoms with van der Waals surface area (Å²) < 4.78 is 26.4. The lowest BCUT2D eigenvalue weighted by Crippen LogP contribution is -2.09. The molecule has 1 N–H and O–H groups in total. The van der Waals surface area contributed by atoms with Crippen LogP contribution in [0, 0.1) is 18.6 Å². The van der Waals surface area contributed by atoms with E-state index in [1.54, 1.807) is 6.07 Å². The van der Waals surface area contributed by atoms with Crippen molar-refractivity contribution in [1.82, 2.24) is 9.97 Å².